The molecule has 2 aromatic rings. The maximum Gasteiger partial charge on any atom is 0.357 e. The van der Waals surface area contributed by atoms with Gasteiger partial charge in [0.05, 0.1) is 5.69 Å². The number of carboxylic acid groups (broad SMARTS) is 1. The average Bonchev–Trinajstić information content (AvgIpc) is 2.68. The lowest BCUT2D eigenvalue weighted by molar-refractivity contribution is 0.0611. The molecule has 0 spiro atoms. The number of nitrogens with zero attached hydrogens (tertiary/aromatic N) is 2. The van der Waals surface area contributed by atoms with Crippen molar-refractivity contribution in [2.24, 2.45) is 0 Å². The largest absolute Gasteiger partial charge is 0.476 e. The summed E-state index contributed by atoms with van der Waals surface area (Å²) in [5.74, 6) is -0.539. The van der Waals surface area contributed by atoms with Gasteiger partial charge in [0, 0.05) is 5.56 Å². The van der Waals surface area contributed by atoms with E-state index in [9.17, 15) is 9.90 Å². The van der Waals surface area contributed by atoms with Crippen molar-refractivity contribution in [2.75, 3.05) is 6.61 Å². The van der Waals surface area contributed by atoms with Crippen LogP contribution in [0.2, 0.25) is 0 Å². The van der Waals surface area contributed by atoms with Crippen LogP contribution in [0.15, 0.2) is 30.3 Å². The number of rotatable bonds is 4. The predicted molar refractivity (Wildman–Crippen MR) is 66.5 cm³/mol. The summed E-state index contributed by atoms with van der Waals surface area (Å²) in [6.45, 7) is 3.83. The summed E-state index contributed by atoms with van der Waals surface area (Å²) in [7, 11) is 0. The standard InChI is InChI=1S/C13H14N2O3/c1-3-18-15-11(13(16)17)9(2)14-12(15)10-7-5-4-6-8-10/h4-8H,3H2,1-2H3,(H,16,17). The molecule has 0 aliphatic heterocycles. The highest BCUT2D eigenvalue weighted by atomic mass is 16.7. The molecule has 0 atom stereocenters. The lowest BCUT2D eigenvalue weighted by Crippen LogP contribution is -2.18. The van der Waals surface area contributed by atoms with Gasteiger partial charge in [-0.15, -0.1) is 0 Å². The number of imidazole rings is 1. The molecule has 0 unspecified atom stereocenters. The normalized spacial score (nSPS) is 10.3. The molecule has 0 aliphatic rings. The Balaban J connectivity index is 2.61. The number of aromatic carboxylic acids is 1. The monoisotopic (exact) mass is 246 g/mol. The van der Waals surface area contributed by atoms with Gasteiger partial charge in [-0.2, -0.15) is 4.73 Å². The summed E-state index contributed by atoms with van der Waals surface area (Å²) in [6.07, 6.45) is 0. The Hall–Kier alpha value is -2.30. The van der Waals surface area contributed by atoms with E-state index in [1.807, 2.05) is 30.3 Å². The third-order valence-corrected chi connectivity index (χ3v) is 2.50. The molecule has 0 saturated carbocycles. The number of carbonyl (C=O) groups is 1. The van der Waals surface area contributed by atoms with Gasteiger partial charge in [0.2, 0.25) is 0 Å². The molecule has 0 amide bonds. The first-order chi connectivity index (χ1) is 8.65. The summed E-state index contributed by atoms with van der Waals surface area (Å²) in [4.78, 5) is 20.9. The highest BCUT2D eigenvalue weighted by Crippen LogP contribution is 2.21. The van der Waals surface area contributed by atoms with E-state index in [-0.39, 0.29) is 5.69 Å². The van der Waals surface area contributed by atoms with Gasteiger partial charge >= 0.3 is 5.97 Å². The van der Waals surface area contributed by atoms with Gasteiger partial charge < -0.3 is 9.94 Å². The van der Waals surface area contributed by atoms with Gasteiger partial charge in [0.25, 0.3) is 0 Å². The fraction of sp³-hybridized carbons (Fsp3) is 0.231. The van der Waals surface area contributed by atoms with Crippen LogP contribution < -0.4 is 4.84 Å². The molecule has 1 aromatic carbocycles. The van der Waals surface area contributed by atoms with Crippen LogP contribution in [0, 0.1) is 6.92 Å². The quantitative estimate of drug-likeness (QED) is 0.896. The van der Waals surface area contributed by atoms with Crippen molar-refractivity contribution < 1.29 is 14.7 Å². The Labute approximate surface area is 105 Å². The van der Waals surface area contributed by atoms with E-state index in [2.05, 4.69) is 4.98 Å². The van der Waals surface area contributed by atoms with E-state index >= 15 is 0 Å². The van der Waals surface area contributed by atoms with Crippen molar-refractivity contribution in [1.82, 2.24) is 9.71 Å². The van der Waals surface area contributed by atoms with Crippen LogP contribution in [0.25, 0.3) is 11.4 Å². The first-order valence-corrected chi connectivity index (χ1v) is 5.66. The van der Waals surface area contributed by atoms with Crippen LogP contribution in [-0.4, -0.2) is 27.4 Å². The summed E-state index contributed by atoms with van der Waals surface area (Å²) in [6, 6.07) is 9.36. The van der Waals surface area contributed by atoms with Crippen molar-refractivity contribution in [3.05, 3.63) is 41.7 Å². The van der Waals surface area contributed by atoms with Gasteiger partial charge in [0.15, 0.2) is 11.5 Å². The minimum absolute atomic E-state index is 0.0655. The molecular weight excluding hydrogens is 232 g/mol. The zero-order valence-corrected chi connectivity index (χ0v) is 10.3. The summed E-state index contributed by atoms with van der Waals surface area (Å²) in [5, 5.41) is 9.19. The van der Waals surface area contributed by atoms with Crippen LogP contribution in [0.5, 0.6) is 0 Å². The SMILES string of the molecule is CCOn1c(-c2ccccc2)nc(C)c1C(=O)O. The van der Waals surface area contributed by atoms with Crippen molar-refractivity contribution in [1.29, 1.82) is 0 Å². The molecule has 0 bridgehead atoms. The molecule has 18 heavy (non-hydrogen) atoms. The Bertz CT molecular complexity index is 561. The van der Waals surface area contributed by atoms with E-state index < -0.39 is 5.97 Å². The second kappa shape index (κ2) is 4.91. The number of aryl methyl sites for hydroxylation is 1. The van der Waals surface area contributed by atoms with Gasteiger partial charge in [-0.05, 0) is 13.8 Å². The van der Waals surface area contributed by atoms with Crippen LogP contribution in [0.4, 0.5) is 0 Å². The van der Waals surface area contributed by atoms with Crippen LogP contribution >= 0.6 is 0 Å². The smallest absolute Gasteiger partial charge is 0.357 e. The number of carboxylic acids is 1. The van der Waals surface area contributed by atoms with Crippen molar-refractivity contribution in [3.63, 3.8) is 0 Å². The molecule has 5 heteroatoms. The Morgan fingerprint density at radius 2 is 2.06 bits per heavy atom. The van der Waals surface area contributed by atoms with Gasteiger partial charge in [0.1, 0.15) is 6.61 Å². The number of benzene rings is 1. The summed E-state index contributed by atoms with van der Waals surface area (Å²) < 4.78 is 1.28. The van der Waals surface area contributed by atoms with Gasteiger partial charge in [-0.3, -0.25) is 0 Å². The minimum Gasteiger partial charge on any atom is -0.476 e. The van der Waals surface area contributed by atoms with Gasteiger partial charge in [-0.25, -0.2) is 9.78 Å². The molecule has 1 N–H and O–H groups in total. The Kier molecular flexibility index (Phi) is 3.32. The van der Waals surface area contributed by atoms with Crippen LogP contribution in [-0.2, 0) is 0 Å². The first kappa shape index (κ1) is 12.2. The fourth-order valence-corrected chi connectivity index (χ4v) is 1.78. The molecule has 0 fully saturated rings. The van der Waals surface area contributed by atoms with E-state index in [0.717, 1.165) is 5.56 Å². The number of aromatic nitrogens is 2. The van der Waals surface area contributed by atoms with E-state index in [0.29, 0.717) is 18.1 Å². The molecule has 94 valence electrons. The molecule has 5 nitrogen and oxygen atoms in total. The van der Waals surface area contributed by atoms with Crippen molar-refractivity contribution >= 4 is 5.97 Å². The zero-order valence-electron chi connectivity index (χ0n) is 10.3. The highest BCUT2D eigenvalue weighted by molar-refractivity contribution is 5.88. The van der Waals surface area contributed by atoms with Gasteiger partial charge in [-0.1, -0.05) is 30.3 Å². The summed E-state index contributed by atoms with van der Waals surface area (Å²) >= 11 is 0. The molecule has 0 radical (unpaired) electrons. The maximum atomic E-state index is 11.2. The number of hydrogen-bond donors (Lipinski definition) is 1. The van der Waals surface area contributed by atoms with Crippen LogP contribution in [0.1, 0.15) is 23.1 Å². The average molecular weight is 246 g/mol. The molecule has 0 aliphatic carbocycles. The molecular formula is C13H14N2O3. The van der Waals surface area contributed by atoms with E-state index in [1.54, 1.807) is 13.8 Å². The van der Waals surface area contributed by atoms with Crippen molar-refractivity contribution in [2.45, 2.75) is 13.8 Å². The lowest BCUT2D eigenvalue weighted by atomic mass is 10.2. The number of hydrogen-bond acceptors (Lipinski definition) is 3. The van der Waals surface area contributed by atoms with E-state index in [4.69, 9.17) is 4.84 Å². The second-order valence-corrected chi connectivity index (χ2v) is 3.75. The van der Waals surface area contributed by atoms with Crippen molar-refractivity contribution in [3.8, 4) is 11.4 Å². The molecule has 1 aromatic heterocycles. The lowest BCUT2D eigenvalue weighted by Gasteiger charge is -2.09. The second-order valence-electron chi connectivity index (χ2n) is 3.75. The Morgan fingerprint density at radius 1 is 1.39 bits per heavy atom. The zero-order chi connectivity index (χ0) is 13.1. The third kappa shape index (κ3) is 2.07. The molecule has 0 saturated heterocycles. The topological polar surface area (TPSA) is 64.4 Å². The van der Waals surface area contributed by atoms with Crippen LogP contribution in [0.3, 0.4) is 0 Å². The molecule has 2 rings (SSSR count). The first-order valence-electron chi connectivity index (χ1n) is 5.66. The third-order valence-electron chi connectivity index (χ3n) is 2.50. The van der Waals surface area contributed by atoms with E-state index in [1.165, 1.54) is 4.73 Å². The Morgan fingerprint density at radius 3 is 2.61 bits per heavy atom. The highest BCUT2D eigenvalue weighted by Gasteiger charge is 2.22. The fourth-order valence-electron chi connectivity index (χ4n) is 1.78. The molecule has 1 heterocycles. The predicted octanol–water partition coefficient (Wildman–Crippen LogP) is 2.01. The summed E-state index contributed by atoms with van der Waals surface area (Å²) in [5.41, 5.74) is 1.33. The minimum atomic E-state index is -1.05. The maximum absolute atomic E-state index is 11.2.